The molecule has 0 heterocycles. The van der Waals surface area contributed by atoms with Gasteiger partial charge in [0.25, 0.3) is 0 Å². The van der Waals surface area contributed by atoms with E-state index in [1.54, 1.807) is 0 Å². The van der Waals surface area contributed by atoms with Gasteiger partial charge in [-0.3, -0.25) is 9.00 Å². The van der Waals surface area contributed by atoms with Gasteiger partial charge in [-0.15, -0.1) is 0 Å². The van der Waals surface area contributed by atoms with E-state index >= 15 is 0 Å². The van der Waals surface area contributed by atoms with Crippen molar-refractivity contribution in [2.75, 3.05) is 12.3 Å². The Balaban J connectivity index is 1.78. The highest BCUT2D eigenvalue weighted by atomic mass is 79.9. The minimum atomic E-state index is -1.02. The summed E-state index contributed by atoms with van der Waals surface area (Å²) in [6, 6.07) is 7.99. The molecule has 0 aromatic heterocycles. The maximum Gasteiger partial charge on any atom is 0.222 e. The number of carbonyl (C=O) groups excluding carboxylic acids is 1. The van der Waals surface area contributed by atoms with Crippen LogP contribution in [0.2, 0.25) is 0 Å². The Morgan fingerprint density at radius 1 is 1.22 bits per heavy atom. The van der Waals surface area contributed by atoms with E-state index in [9.17, 15) is 9.00 Å². The third-order valence-electron chi connectivity index (χ3n) is 4.47. The van der Waals surface area contributed by atoms with Gasteiger partial charge in [-0.25, -0.2) is 0 Å². The molecule has 1 amide bonds. The third kappa shape index (κ3) is 5.71. The van der Waals surface area contributed by atoms with E-state index in [0.717, 1.165) is 28.8 Å². The summed E-state index contributed by atoms with van der Waals surface area (Å²) in [5, 5.41) is 0. The fourth-order valence-corrected chi connectivity index (χ4v) is 4.58. The molecule has 1 aromatic rings. The van der Waals surface area contributed by atoms with Crippen molar-refractivity contribution in [1.82, 2.24) is 4.90 Å². The van der Waals surface area contributed by atoms with Crippen LogP contribution in [0.3, 0.4) is 0 Å². The second kappa shape index (κ2) is 9.58. The highest BCUT2D eigenvalue weighted by Gasteiger charge is 2.23. The number of rotatable bonds is 7. The predicted octanol–water partition coefficient (Wildman–Crippen LogP) is 4.52. The summed E-state index contributed by atoms with van der Waals surface area (Å²) in [4.78, 5) is 15.3. The van der Waals surface area contributed by atoms with Gasteiger partial charge >= 0.3 is 0 Å². The summed E-state index contributed by atoms with van der Waals surface area (Å²) in [7, 11) is -1.02. The molecule has 128 valence electrons. The lowest BCUT2D eigenvalue weighted by molar-refractivity contribution is -0.133. The Morgan fingerprint density at radius 3 is 2.48 bits per heavy atom. The maximum absolute atomic E-state index is 12.5. The first kappa shape index (κ1) is 18.7. The van der Waals surface area contributed by atoms with E-state index in [1.165, 1.54) is 19.3 Å². The molecule has 0 spiro atoms. The maximum atomic E-state index is 12.5. The molecule has 1 saturated carbocycles. The summed E-state index contributed by atoms with van der Waals surface area (Å²) in [6.45, 7) is 2.85. The topological polar surface area (TPSA) is 37.4 Å². The minimum absolute atomic E-state index is 0.229. The summed E-state index contributed by atoms with van der Waals surface area (Å²) >= 11 is 3.38. The predicted molar refractivity (Wildman–Crippen MR) is 98.9 cm³/mol. The van der Waals surface area contributed by atoms with Crippen molar-refractivity contribution in [2.45, 2.75) is 62.8 Å². The standard InChI is InChI=1S/C18H26BrNO2S/c1-2-20(16-7-4-3-5-8-16)18(21)9-6-14-23(22)17-12-10-15(19)11-13-17/h10-13,16H,2-9,14H2,1H3. The smallest absolute Gasteiger partial charge is 0.222 e. The lowest BCUT2D eigenvalue weighted by Crippen LogP contribution is -2.41. The fourth-order valence-electron chi connectivity index (χ4n) is 3.23. The molecule has 0 N–H and O–H groups in total. The molecule has 1 unspecified atom stereocenters. The zero-order chi connectivity index (χ0) is 16.7. The number of amides is 1. The average molecular weight is 400 g/mol. The Labute approximate surface area is 150 Å². The molecule has 0 aliphatic heterocycles. The molecule has 0 saturated heterocycles. The molecule has 0 radical (unpaired) electrons. The Bertz CT molecular complexity index is 526. The lowest BCUT2D eigenvalue weighted by Gasteiger charge is -2.33. The largest absolute Gasteiger partial charge is 0.340 e. The van der Waals surface area contributed by atoms with Crippen LogP contribution in [0.1, 0.15) is 51.9 Å². The SMILES string of the molecule is CCN(C(=O)CCCS(=O)c1ccc(Br)cc1)C1CCCCC1. The van der Waals surface area contributed by atoms with Crippen LogP contribution in [0.15, 0.2) is 33.6 Å². The van der Waals surface area contributed by atoms with Crippen molar-refractivity contribution in [3.63, 3.8) is 0 Å². The molecular weight excluding hydrogens is 374 g/mol. The minimum Gasteiger partial charge on any atom is -0.340 e. The van der Waals surface area contributed by atoms with Crippen LogP contribution in [0.5, 0.6) is 0 Å². The Kier molecular flexibility index (Phi) is 7.77. The van der Waals surface area contributed by atoms with Crippen LogP contribution in [-0.2, 0) is 15.6 Å². The number of nitrogens with zero attached hydrogens (tertiary/aromatic N) is 1. The third-order valence-corrected chi connectivity index (χ3v) is 6.46. The molecule has 1 atom stereocenters. The zero-order valence-corrected chi connectivity index (χ0v) is 16.2. The highest BCUT2D eigenvalue weighted by molar-refractivity contribution is 9.10. The van der Waals surface area contributed by atoms with Crippen LogP contribution < -0.4 is 0 Å². The van der Waals surface area contributed by atoms with Crippen molar-refractivity contribution in [2.24, 2.45) is 0 Å². The van der Waals surface area contributed by atoms with Gasteiger partial charge in [0.15, 0.2) is 0 Å². The number of hydrogen-bond donors (Lipinski definition) is 0. The molecule has 1 aliphatic carbocycles. The van der Waals surface area contributed by atoms with Gasteiger partial charge in [0.1, 0.15) is 0 Å². The molecule has 23 heavy (non-hydrogen) atoms. The Morgan fingerprint density at radius 2 is 1.87 bits per heavy atom. The van der Waals surface area contributed by atoms with Gasteiger partial charge in [-0.05, 0) is 50.5 Å². The summed E-state index contributed by atoms with van der Waals surface area (Å²) < 4.78 is 13.2. The molecule has 1 aliphatic rings. The molecule has 1 fully saturated rings. The van der Waals surface area contributed by atoms with Crippen LogP contribution in [0, 0.1) is 0 Å². The van der Waals surface area contributed by atoms with E-state index in [-0.39, 0.29) is 5.91 Å². The van der Waals surface area contributed by atoms with E-state index in [0.29, 0.717) is 24.6 Å². The van der Waals surface area contributed by atoms with Crippen LogP contribution in [0.4, 0.5) is 0 Å². The van der Waals surface area contributed by atoms with Crippen LogP contribution >= 0.6 is 15.9 Å². The second-order valence-electron chi connectivity index (χ2n) is 6.08. The number of hydrogen-bond acceptors (Lipinski definition) is 2. The van der Waals surface area contributed by atoms with Gasteiger partial charge in [-0.1, -0.05) is 35.2 Å². The van der Waals surface area contributed by atoms with E-state index in [2.05, 4.69) is 22.9 Å². The highest BCUT2D eigenvalue weighted by Crippen LogP contribution is 2.23. The Hall–Kier alpha value is -0.680. The normalized spacial score (nSPS) is 17.0. The van der Waals surface area contributed by atoms with Crippen molar-refractivity contribution in [1.29, 1.82) is 0 Å². The first-order chi connectivity index (χ1) is 11.1. The first-order valence-corrected chi connectivity index (χ1v) is 10.7. The van der Waals surface area contributed by atoms with Crippen molar-refractivity contribution in [3.05, 3.63) is 28.7 Å². The van der Waals surface area contributed by atoms with Gasteiger partial charge < -0.3 is 4.90 Å². The zero-order valence-electron chi connectivity index (χ0n) is 13.8. The van der Waals surface area contributed by atoms with E-state index in [4.69, 9.17) is 0 Å². The number of carbonyl (C=O) groups is 1. The second-order valence-corrected chi connectivity index (χ2v) is 8.57. The monoisotopic (exact) mass is 399 g/mol. The van der Waals surface area contributed by atoms with Gasteiger partial charge in [0.2, 0.25) is 5.91 Å². The molecule has 3 nitrogen and oxygen atoms in total. The first-order valence-electron chi connectivity index (χ1n) is 8.55. The van der Waals surface area contributed by atoms with E-state index in [1.807, 2.05) is 29.2 Å². The van der Waals surface area contributed by atoms with Crippen molar-refractivity contribution >= 4 is 32.6 Å². The molecule has 5 heteroatoms. The quantitative estimate of drug-likeness (QED) is 0.675. The number of benzene rings is 1. The fraction of sp³-hybridized carbons (Fsp3) is 0.611. The van der Waals surface area contributed by atoms with E-state index < -0.39 is 10.8 Å². The van der Waals surface area contributed by atoms with Gasteiger partial charge in [0, 0.05) is 34.1 Å². The average Bonchev–Trinajstić information content (AvgIpc) is 2.57. The molecule has 1 aromatic carbocycles. The molecular formula is C18H26BrNO2S. The summed E-state index contributed by atoms with van der Waals surface area (Å²) in [5.41, 5.74) is 0. The van der Waals surface area contributed by atoms with Gasteiger partial charge in [0.05, 0.1) is 10.8 Å². The van der Waals surface area contributed by atoms with Crippen molar-refractivity contribution < 1.29 is 9.00 Å². The number of halogens is 1. The van der Waals surface area contributed by atoms with Crippen LogP contribution in [-0.4, -0.2) is 33.4 Å². The summed E-state index contributed by atoms with van der Waals surface area (Å²) in [6.07, 6.45) is 7.25. The van der Waals surface area contributed by atoms with Crippen molar-refractivity contribution in [3.8, 4) is 0 Å². The summed E-state index contributed by atoms with van der Waals surface area (Å²) in [5.74, 6) is 0.780. The molecule has 2 rings (SSSR count). The van der Waals surface area contributed by atoms with Crippen LogP contribution in [0.25, 0.3) is 0 Å². The molecule has 0 bridgehead atoms. The van der Waals surface area contributed by atoms with Gasteiger partial charge in [-0.2, -0.15) is 0 Å². The lowest BCUT2D eigenvalue weighted by atomic mass is 9.94.